The molecule has 1 heterocycles. The molecule has 3 aromatic rings. The van der Waals surface area contributed by atoms with Gasteiger partial charge in [0, 0.05) is 5.75 Å². The first-order valence-electron chi connectivity index (χ1n) is 9.07. The number of tetrazole rings is 1. The van der Waals surface area contributed by atoms with Crippen LogP contribution in [0.4, 0.5) is 0 Å². The van der Waals surface area contributed by atoms with Crippen LogP contribution in [0, 0.1) is 6.92 Å². The lowest BCUT2D eigenvalue weighted by atomic mass is 10.2. The van der Waals surface area contributed by atoms with Gasteiger partial charge in [0.15, 0.2) is 0 Å². The normalized spacial score (nSPS) is 11.7. The summed E-state index contributed by atoms with van der Waals surface area (Å²) in [5.41, 5.74) is 2.20. The van der Waals surface area contributed by atoms with Gasteiger partial charge in [-0.15, -0.1) is 5.10 Å². The molecule has 0 aliphatic carbocycles. The van der Waals surface area contributed by atoms with Crippen LogP contribution in [0.3, 0.4) is 0 Å². The number of rotatable bonds is 9. The summed E-state index contributed by atoms with van der Waals surface area (Å²) in [5, 5.41) is 22.6. The third-order valence-electron chi connectivity index (χ3n) is 4.13. The molecular formula is C20H22N4O5S. The topological polar surface area (TPSA) is 109 Å². The zero-order chi connectivity index (χ0) is 21.5. The second-order valence-corrected chi connectivity index (χ2v) is 7.33. The summed E-state index contributed by atoms with van der Waals surface area (Å²) in [6.45, 7) is 2.05. The molecule has 10 heteroatoms. The molecule has 0 radical (unpaired) electrons. The van der Waals surface area contributed by atoms with Gasteiger partial charge in [-0.3, -0.25) is 0 Å². The van der Waals surface area contributed by atoms with E-state index in [2.05, 4.69) is 20.3 Å². The van der Waals surface area contributed by atoms with Gasteiger partial charge in [0.05, 0.1) is 25.9 Å². The second-order valence-electron chi connectivity index (χ2n) is 6.34. The van der Waals surface area contributed by atoms with E-state index in [1.54, 1.807) is 36.1 Å². The van der Waals surface area contributed by atoms with Crippen molar-refractivity contribution in [3.8, 4) is 17.2 Å². The van der Waals surface area contributed by atoms with E-state index in [9.17, 15) is 9.90 Å². The number of hydrogen-bond donors (Lipinski definition) is 1. The quantitative estimate of drug-likeness (QED) is 0.404. The number of aromatic nitrogens is 4. The summed E-state index contributed by atoms with van der Waals surface area (Å²) in [6, 6.07) is 12.2. The molecule has 9 nitrogen and oxygen atoms in total. The molecule has 2 aromatic carbocycles. The highest BCUT2D eigenvalue weighted by Crippen LogP contribution is 2.27. The first kappa shape index (κ1) is 21.6. The van der Waals surface area contributed by atoms with Crippen molar-refractivity contribution in [1.82, 2.24) is 20.2 Å². The van der Waals surface area contributed by atoms with E-state index in [0.717, 1.165) is 11.3 Å². The van der Waals surface area contributed by atoms with Crippen molar-refractivity contribution in [3.63, 3.8) is 0 Å². The van der Waals surface area contributed by atoms with E-state index < -0.39 is 12.1 Å². The molecule has 30 heavy (non-hydrogen) atoms. The van der Waals surface area contributed by atoms with Crippen molar-refractivity contribution >= 4 is 17.7 Å². The number of aliphatic hydroxyl groups excluding tert-OH is 1. The van der Waals surface area contributed by atoms with Crippen molar-refractivity contribution in [3.05, 3.63) is 53.6 Å². The fraction of sp³-hybridized carbons (Fsp3) is 0.300. The van der Waals surface area contributed by atoms with Gasteiger partial charge in [-0.1, -0.05) is 17.8 Å². The number of ether oxygens (including phenoxy) is 3. The number of nitrogens with zero attached hydrogens (tertiary/aromatic N) is 4. The van der Waals surface area contributed by atoms with Crippen LogP contribution in [0.25, 0.3) is 5.69 Å². The highest BCUT2D eigenvalue weighted by molar-refractivity contribution is 7.99. The molecule has 158 valence electrons. The molecule has 0 aliphatic heterocycles. The van der Waals surface area contributed by atoms with Crippen LogP contribution in [-0.4, -0.2) is 64.0 Å². The van der Waals surface area contributed by atoms with Gasteiger partial charge in [-0.2, -0.15) is 4.68 Å². The Bertz CT molecular complexity index is 993. The lowest BCUT2D eigenvalue weighted by Gasteiger charge is -2.13. The summed E-state index contributed by atoms with van der Waals surface area (Å²) in [7, 11) is 2.91. The summed E-state index contributed by atoms with van der Waals surface area (Å²) < 4.78 is 17.2. The molecule has 0 aliphatic rings. The van der Waals surface area contributed by atoms with Crippen LogP contribution >= 0.6 is 11.8 Å². The van der Waals surface area contributed by atoms with E-state index >= 15 is 0 Å². The molecule has 1 unspecified atom stereocenters. The number of esters is 1. The predicted molar refractivity (Wildman–Crippen MR) is 110 cm³/mol. The van der Waals surface area contributed by atoms with E-state index in [-0.39, 0.29) is 6.61 Å². The van der Waals surface area contributed by atoms with Gasteiger partial charge in [0.1, 0.15) is 23.8 Å². The highest BCUT2D eigenvalue weighted by Gasteiger charge is 2.16. The summed E-state index contributed by atoms with van der Waals surface area (Å²) in [4.78, 5) is 11.4. The Morgan fingerprint density at radius 2 is 1.97 bits per heavy atom. The van der Waals surface area contributed by atoms with Gasteiger partial charge in [0.25, 0.3) is 0 Å². The first-order chi connectivity index (χ1) is 14.5. The van der Waals surface area contributed by atoms with Crippen molar-refractivity contribution in [2.75, 3.05) is 26.6 Å². The average molecular weight is 430 g/mol. The molecule has 0 fully saturated rings. The molecule has 3 rings (SSSR count). The second kappa shape index (κ2) is 10.1. The third-order valence-corrected chi connectivity index (χ3v) is 5.19. The standard InChI is InChI=1S/C20H22N4O5S/c1-13-4-9-18(27-2)17(10-13)24-20(21-22-23-24)30-12-15(25)11-29-16-7-5-14(6-8-16)19(26)28-3/h4-10,15,25H,11-12H2,1-3H3. The Morgan fingerprint density at radius 3 is 2.67 bits per heavy atom. The molecule has 1 aromatic heterocycles. The lowest BCUT2D eigenvalue weighted by Crippen LogP contribution is -2.20. The third kappa shape index (κ3) is 5.28. The van der Waals surface area contributed by atoms with Crippen molar-refractivity contribution in [1.29, 1.82) is 0 Å². The first-order valence-corrected chi connectivity index (χ1v) is 10.1. The lowest BCUT2D eigenvalue weighted by molar-refractivity contribution is 0.0600. The SMILES string of the molecule is COC(=O)c1ccc(OCC(O)CSc2nnnn2-c2cc(C)ccc2OC)cc1. The van der Waals surface area contributed by atoms with E-state index in [1.807, 2.05) is 25.1 Å². The number of benzene rings is 2. The number of aryl methyl sites for hydroxylation is 1. The number of thioether (sulfide) groups is 1. The molecule has 0 amide bonds. The van der Waals surface area contributed by atoms with Crippen LogP contribution in [0.15, 0.2) is 47.6 Å². The maximum absolute atomic E-state index is 11.4. The van der Waals surface area contributed by atoms with Crippen molar-refractivity contribution < 1.29 is 24.1 Å². The predicted octanol–water partition coefficient (Wildman–Crippen LogP) is 2.30. The summed E-state index contributed by atoms with van der Waals surface area (Å²) in [5.74, 6) is 1.10. The number of hydrogen-bond acceptors (Lipinski definition) is 9. The van der Waals surface area contributed by atoms with Crippen LogP contribution in [0.2, 0.25) is 0 Å². The minimum atomic E-state index is -0.750. The monoisotopic (exact) mass is 430 g/mol. The van der Waals surface area contributed by atoms with Crippen LogP contribution < -0.4 is 9.47 Å². The van der Waals surface area contributed by atoms with Gasteiger partial charge in [0.2, 0.25) is 5.16 Å². The van der Waals surface area contributed by atoms with E-state index in [4.69, 9.17) is 9.47 Å². The summed E-state index contributed by atoms with van der Waals surface area (Å²) in [6.07, 6.45) is -0.750. The smallest absolute Gasteiger partial charge is 0.337 e. The zero-order valence-corrected chi connectivity index (χ0v) is 17.6. The average Bonchev–Trinajstić information content (AvgIpc) is 3.24. The molecular weight excluding hydrogens is 408 g/mol. The minimum absolute atomic E-state index is 0.0832. The van der Waals surface area contributed by atoms with Crippen molar-refractivity contribution in [2.45, 2.75) is 18.2 Å². The van der Waals surface area contributed by atoms with E-state index in [1.165, 1.54) is 18.9 Å². The number of methoxy groups -OCH3 is 2. The molecule has 0 bridgehead atoms. The number of carbonyl (C=O) groups excluding carboxylic acids is 1. The zero-order valence-electron chi connectivity index (χ0n) is 16.8. The molecule has 0 saturated carbocycles. The minimum Gasteiger partial charge on any atom is -0.494 e. The highest BCUT2D eigenvalue weighted by atomic mass is 32.2. The molecule has 0 spiro atoms. The Balaban J connectivity index is 1.57. The molecule has 0 saturated heterocycles. The van der Waals surface area contributed by atoms with Gasteiger partial charge >= 0.3 is 5.97 Å². The van der Waals surface area contributed by atoms with Crippen molar-refractivity contribution in [2.24, 2.45) is 0 Å². The van der Waals surface area contributed by atoms with Crippen LogP contribution in [0.5, 0.6) is 11.5 Å². The maximum atomic E-state index is 11.4. The Morgan fingerprint density at radius 1 is 1.20 bits per heavy atom. The Kier molecular flexibility index (Phi) is 7.26. The Hall–Kier alpha value is -3.11. The number of carbonyl (C=O) groups is 1. The summed E-state index contributed by atoms with van der Waals surface area (Å²) >= 11 is 1.31. The van der Waals surface area contributed by atoms with Crippen LogP contribution in [-0.2, 0) is 4.74 Å². The van der Waals surface area contributed by atoms with Gasteiger partial charge < -0.3 is 19.3 Å². The van der Waals surface area contributed by atoms with E-state index in [0.29, 0.717) is 28.0 Å². The Labute approximate surface area is 178 Å². The van der Waals surface area contributed by atoms with Gasteiger partial charge in [-0.05, 0) is 59.3 Å². The fourth-order valence-corrected chi connectivity index (χ4v) is 3.39. The maximum Gasteiger partial charge on any atom is 0.337 e. The largest absolute Gasteiger partial charge is 0.494 e. The van der Waals surface area contributed by atoms with Gasteiger partial charge in [-0.25, -0.2) is 4.79 Å². The number of aliphatic hydroxyl groups is 1. The molecule has 1 atom stereocenters. The fourth-order valence-electron chi connectivity index (χ4n) is 2.60. The van der Waals surface area contributed by atoms with Crippen LogP contribution in [0.1, 0.15) is 15.9 Å². The molecule has 1 N–H and O–H groups in total.